The Bertz CT molecular complexity index is 1440. The molecular weight excluding hydrogens is 526 g/mol. The van der Waals surface area contributed by atoms with Crippen LogP contribution in [0.3, 0.4) is 0 Å². The molecule has 1 aromatic heterocycles. The summed E-state index contributed by atoms with van der Waals surface area (Å²) in [6.45, 7) is 7.52. The quantitative estimate of drug-likeness (QED) is 0.526. The fraction of sp³-hybridized carbons (Fsp3) is 0.567. The number of benzene rings is 1. The van der Waals surface area contributed by atoms with Crippen LogP contribution in [0.4, 0.5) is 11.5 Å². The van der Waals surface area contributed by atoms with Gasteiger partial charge in [0.2, 0.25) is 10.0 Å². The van der Waals surface area contributed by atoms with Crippen LogP contribution in [0.15, 0.2) is 35.2 Å². The molecule has 9 nitrogen and oxygen atoms in total. The van der Waals surface area contributed by atoms with Crippen LogP contribution >= 0.6 is 0 Å². The van der Waals surface area contributed by atoms with Gasteiger partial charge in [0.25, 0.3) is 11.8 Å². The molecule has 3 fully saturated rings. The molecule has 3 heterocycles. The number of fused-ring (bicyclic) bond motifs is 1. The van der Waals surface area contributed by atoms with Crippen molar-refractivity contribution in [1.82, 2.24) is 14.6 Å². The second kappa shape index (κ2) is 9.83. The first-order valence-corrected chi connectivity index (χ1v) is 16.0. The molecule has 1 aromatic carbocycles. The number of nitrogens with zero attached hydrogens (tertiary/aromatic N) is 3. The van der Waals surface area contributed by atoms with E-state index in [0.29, 0.717) is 34.7 Å². The molecule has 2 aliphatic carbocycles. The number of nitrogens with one attached hydrogen (secondary N) is 2. The maximum atomic E-state index is 13.6. The van der Waals surface area contributed by atoms with E-state index in [-0.39, 0.29) is 22.8 Å². The number of carbonyl (C=O) groups excluding carboxylic acids is 2. The number of aromatic nitrogens is 1. The van der Waals surface area contributed by atoms with E-state index in [9.17, 15) is 18.0 Å². The van der Waals surface area contributed by atoms with Crippen molar-refractivity contribution in [2.45, 2.75) is 95.2 Å². The molecule has 6 rings (SSSR count). The second-order valence-corrected chi connectivity index (χ2v) is 14.7. The standard InChI is InChI=1S/C30H39N5O4S/c1-29(2,3)33-40(38,39)22-9-10-23(24(18-22)34-16-14-30(12-13-30)15-17-34)27(36)32-25-11-8-20-19-35(21-6-4-5-7-21)28(37)26(20)31-25/h8-11,18,21,33H,4-7,12-17,19H2,1-3H3,(H,31,32,36). The van der Waals surface area contributed by atoms with Crippen molar-refractivity contribution >= 4 is 33.3 Å². The summed E-state index contributed by atoms with van der Waals surface area (Å²) in [5.41, 5.74) is 2.09. The Balaban J connectivity index is 1.27. The molecule has 4 aliphatic rings. The Kier molecular flexibility index (Phi) is 6.69. The van der Waals surface area contributed by atoms with Gasteiger partial charge < -0.3 is 15.1 Å². The molecule has 1 spiro atoms. The number of amides is 2. The monoisotopic (exact) mass is 565 g/mol. The topological polar surface area (TPSA) is 112 Å². The third-order valence-electron chi connectivity index (χ3n) is 8.88. The lowest BCUT2D eigenvalue weighted by Crippen LogP contribution is -2.40. The van der Waals surface area contributed by atoms with E-state index in [4.69, 9.17) is 0 Å². The average Bonchev–Trinajstić information content (AvgIpc) is 3.29. The number of sulfonamides is 1. The molecule has 2 aromatic rings. The summed E-state index contributed by atoms with van der Waals surface area (Å²) in [7, 11) is -3.78. The van der Waals surface area contributed by atoms with Gasteiger partial charge in [0.1, 0.15) is 11.5 Å². The molecule has 0 bridgehead atoms. The molecule has 0 unspecified atom stereocenters. The summed E-state index contributed by atoms with van der Waals surface area (Å²) in [5, 5.41) is 2.88. The highest BCUT2D eigenvalue weighted by Crippen LogP contribution is 2.54. The minimum Gasteiger partial charge on any atom is -0.371 e. The van der Waals surface area contributed by atoms with Crippen LogP contribution in [0.1, 0.15) is 98.5 Å². The van der Waals surface area contributed by atoms with Crippen molar-refractivity contribution in [3.8, 4) is 0 Å². The molecular formula is C30H39N5O4S. The number of rotatable bonds is 6. The minimum absolute atomic E-state index is 0.0677. The normalized spacial score (nSPS) is 20.7. The van der Waals surface area contributed by atoms with Crippen molar-refractivity contribution in [2.75, 3.05) is 23.3 Å². The molecule has 2 amide bonds. The summed E-state index contributed by atoms with van der Waals surface area (Å²) in [6.07, 6.45) is 8.92. The smallest absolute Gasteiger partial charge is 0.273 e. The van der Waals surface area contributed by atoms with Crippen LogP contribution in [0.25, 0.3) is 0 Å². The van der Waals surface area contributed by atoms with Crippen LogP contribution in [0.5, 0.6) is 0 Å². The predicted octanol–water partition coefficient (Wildman–Crippen LogP) is 4.69. The minimum atomic E-state index is -3.78. The van der Waals surface area contributed by atoms with E-state index in [0.717, 1.165) is 57.2 Å². The third kappa shape index (κ3) is 5.35. The van der Waals surface area contributed by atoms with Crippen LogP contribution in [-0.2, 0) is 16.6 Å². The fourth-order valence-corrected chi connectivity index (χ4v) is 7.89. The Morgan fingerprint density at radius 2 is 1.73 bits per heavy atom. The largest absolute Gasteiger partial charge is 0.371 e. The van der Waals surface area contributed by atoms with Crippen molar-refractivity contribution in [3.05, 3.63) is 47.2 Å². The maximum absolute atomic E-state index is 13.6. The lowest BCUT2D eigenvalue weighted by Gasteiger charge is -2.35. The van der Waals surface area contributed by atoms with E-state index >= 15 is 0 Å². The summed E-state index contributed by atoms with van der Waals surface area (Å²) in [6, 6.07) is 8.57. The zero-order valence-electron chi connectivity index (χ0n) is 23.6. The van der Waals surface area contributed by atoms with Gasteiger partial charge in [-0.15, -0.1) is 0 Å². The summed E-state index contributed by atoms with van der Waals surface area (Å²) in [5.74, 6) is -0.125. The van der Waals surface area contributed by atoms with Gasteiger partial charge in [0.05, 0.1) is 16.1 Å². The highest BCUT2D eigenvalue weighted by molar-refractivity contribution is 7.89. The molecule has 0 atom stereocenters. The fourth-order valence-electron chi connectivity index (χ4n) is 6.45. The number of hydrogen-bond acceptors (Lipinski definition) is 6. The van der Waals surface area contributed by atoms with Crippen LogP contribution in [-0.4, -0.2) is 54.8 Å². The van der Waals surface area contributed by atoms with E-state index in [1.807, 2.05) is 11.0 Å². The molecule has 1 saturated heterocycles. The zero-order chi connectivity index (χ0) is 28.3. The van der Waals surface area contributed by atoms with Gasteiger partial charge >= 0.3 is 0 Å². The lowest BCUT2D eigenvalue weighted by atomic mass is 9.93. The van der Waals surface area contributed by atoms with Crippen LogP contribution < -0.4 is 14.9 Å². The number of hydrogen-bond donors (Lipinski definition) is 2. The summed E-state index contributed by atoms with van der Waals surface area (Å²) < 4.78 is 29.0. The first kappa shape index (κ1) is 27.2. The van der Waals surface area contributed by atoms with Crippen molar-refractivity contribution in [2.24, 2.45) is 5.41 Å². The van der Waals surface area contributed by atoms with Crippen molar-refractivity contribution in [1.29, 1.82) is 0 Å². The van der Waals surface area contributed by atoms with Crippen molar-refractivity contribution in [3.63, 3.8) is 0 Å². The molecule has 40 heavy (non-hydrogen) atoms. The number of pyridine rings is 1. The van der Waals surface area contributed by atoms with E-state index in [1.165, 1.54) is 18.9 Å². The number of carbonyl (C=O) groups is 2. The summed E-state index contributed by atoms with van der Waals surface area (Å²) >= 11 is 0. The zero-order valence-corrected chi connectivity index (χ0v) is 24.4. The maximum Gasteiger partial charge on any atom is 0.273 e. The molecule has 2 N–H and O–H groups in total. The SMILES string of the molecule is CC(C)(C)NS(=O)(=O)c1ccc(C(=O)Nc2ccc3c(n2)C(=O)N(C2CCCC2)C3)c(N2CCC3(CC2)CC3)c1. The molecule has 0 radical (unpaired) electrons. The molecule has 10 heteroatoms. The lowest BCUT2D eigenvalue weighted by molar-refractivity contribution is 0.0702. The number of anilines is 2. The van der Waals surface area contributed by atoms with Gasteiger partial charge in [-0.1, -0.05) is 18.9 Å². The van der Waals surface area contributed by atoms with Crippen LogP contribution in [0, 0.1) is 5.41 Å². The summed E-state index contributed by atoms with van der Waals surface area (Å²) in [4.78, 5) is 35.5. The number of piperidine rings is 1. The van der Waals surface area contributed by atoms with Gasteiger partial charge in [-0.05, 0) is 89.0 Å². The van der Waals surface area contributed by atoms with E-state index in [2.05, 4.69) is 19.9 Å². The third-order valence-corrected chi connectivity index (χ3v) is 10.6. The Morgan fingerprint density at radius 1 is 1.02 bits per heavy atom. The molecule has 2 aliphatic heterocycles. The molecule has 2 saturated carbocycles. The Hall–Kier alpha value is -2.98. The van der Waals surface area contributed by atoms with Gasteiger partial charge in [0.15, 0.2) is 0 Å². The van der Waals surface area contributed by atoms with E-state index < -0.39 is 15.6 Å². The highest BCUT2D eigenvalue weighted by Gasteiger charge is 2.45. The molecule has 214 valence electrons. The van der Waals surface area contributed by atoms with Crippen molar-refractivity contribution < 1.29 is 18.0 Å². The predicted molar refractivity (Wildman–Crippen MR) is 154 cm³/mol. The highest BCUT2D eigenvalue weighted by atomic mass is 32.2. The Morgan fingerprint density at radius 3 is 2.38 bits per heavy atom. The van der Waals surface area contributed by atoms with Gasteiger partial charge in [-0.2, -0.15) is 0 Å². The van der Waals surface area contributed by atoms with Gasteiger partial charge in [-0.3, -0.25) is 9.59 Å². The van der Waals surface area contributed by atoms with Crippen LogP contribution in [0.2, 0.25) is 0 Å². The van der Waals surface area contributed by atoms with E-state index in [1.54, 1.807) is 39.0 Å². The van der Waals surface area contributed by atoms with Gasteiger partial charge in [0, 0.05) is 36.8 Å². The first-order chi connectivity index (χ1) is 18.9. The van der Waals surface area contributed by atoms with Gasteiger partial charge in [-0.25, -0.2) is 18.1 Å². The average molecular weight is 566 g/mol. The second-order valence-electron chi connectivity index (χ2n) is 13.1. The first-order valence-electron chi connectivity index (χ1n) is 14.5. The Labute approximate surface area is 236 Å².